The standard InChI is InChI=1S/C12H19NS/c1-2-9-8-14-11-6-4-3-5-10(7-13)12(9)11/h8,10H,2-7,13H2,1H3. The molecule has 1 aromatic heterocycles. The van der Waals surface area contributed by atoms with Crippen molar-refractivity contribution in [2.24, 2.45) is 5.73 Å². The summed E-state index contributed by atoms with van der Waals surface area (Å²) >= 11 is 1.95. The van der Waals surface area contributed by atoms with Crippen LogP contribution in [-0.4, -0.2) is 6.54 Å². The zero-order valence-corrected chi connectivity index (χ0v) is 9.70. The van der Waals surface area contributed by atoms with E-state index in [1.54, 1.807) is 16.0 Å². The lowest BCUT2D eigenvalue weighted by atomic mass is 9.92. The first-order valence-corrected chi connectivity index (χ1v) is 6.54. The maximum atomic E-state index is 5.87. The molecule has 1 unspecified atom stereocenters. The number of nitrogens with two attached hydrogens (primary N) is 1. The second kappa shape index (κ2) is 4.45. The maximum absolute atomic E-state index is 5.87. The van der Waals surface area contributed by atoms with Crippen molar-refractivity contribution in [3.05, 3.63) is 21.4 Å². The van der Waals surface area contributed by atoms with Crippen LogP contribution < -0.4 is 5.73 Å². The Hall–Kier alpha value is -0.340. The van der Waals surface area contributed by atoms with E-state index in [4.69, 9.17) is 5.73 Å². The molecule has 0 aliphatic heterocycles. The van der Waals surface area contributed by atoms with Gasteiger partial charge in [0.2, 0.25) is 0 Å². The summed E-state index contributed by atoms with van der Waals surface area (Å²) in [5.41, 5.74) is 9.06. The molecular weight excluding hydrogens is 190 g/mol. The normalized spacial score (nSPS) is 21.7. The van der Waals surface area contributed by atoms with Gasteiger partial charge in [0.25, 0.3) is 0 Å². The van der Waals surface area contributed by atoms with E-state index in [2.05, 4.69) is 12.3 Å². The van der Waals surface area contributed by atoms with Gasteiger partial charge in [0.05, 0.1) is 0 Å². The van der Waals surface area contributed by atoms with Crippen molar-refractivity contribution >= 4 is 11.3 Å². The Balaban J connectivity index is 2.38. The molecule has 1 aliphatic rings. The van der Waals surface area contributed by atoms with Crippen molar-refractivity contribution in [2.45, 2.75) is 44.9 Å². The van der Waals surface area contributed by atoms with Crippen molar-refractivity contribution in [1.82, 2.24) is 0 Å². The van der Waals surface area contributed by atoms with Crippen LogP contribution in [0, 0.1) is 0 Å². The molecule has 2 heteroatoms. The van der Waals surface area contributed by atoms with Crippen molar-refractivity contribution in [2.75, 3.05) is 6.54 Å². The Kier molecular flexibility index (Phi) is 3.24. The molecule has 0 radical (unpaired) electrons. The van der Waals surface area contributed by atoms with E-state index in [0.29, 0.717) is 5.92 Å². The Morgan fingerprint density at radius 2 is 2.36 bits per heavy atom. The number of hydrogen-bond donors (Lipinski definition) is 1. The van der Waals surface area contributed by atoms with Gasteiger partial charge < -0.3 is 5.73 Å². The van der Waals surface area contributed by atoms with Gasteiger partial charge in [0, 0.05) is 4.88 Å². The highest BCUT2D eigenvalue weighted by Crippen LogP contribution is 2.36. The summed E-state index contributed by atoms with van der Waals surface area (Å²) in [7, 11) is 0. The summed E-state index contributed by atoms with van der Waals surface area (Å²) in [5.74, 6) is 0.647. The van der Waals surface area contributed by atoms with Gasteiger partial charge in [-0.1, -0.05) is 13.3 Å². The predicted molar refractivity (Wildman–Crippen MR) is 63.0 cm³/mol. The highest BCUT2D eigenvalue weighted by molar-refractivity contribution is 7.10. The van der Waals surface area contributed by atoms with E-state index in [1.807, 2.05) is 11.3 Å². The average Bonchev–Trinajstić information content (AvgIpc) is 2.51. The molecule has 2 rings (SSSR count). The second-order valence-corrected chi connectivity index (χ2v) is 5.09. The van der Waals surface area contributed by atoms with E-state index in [0.717, 1.165) is 6.54 Å². The third kappa shape index (κ3) is 1.73. The lowest BCUT2D eigenvalue weighted by Crippen LogP contribution is -2.13. The van der Waals surface area contributed by atoms with Crippen LogP contribution in [0.3, 0.4) is 0 Å². The molecule has 2 N–H and O–H groups in total. The molecule has 1 aromatic rings. The van der Waals surface area contributed by atoms with Gasteiger partial charge in [-0.3, -0.25) is 0 Å². The van der Waals surface area contributed by atoms with Crippen molar-refractivity contribution < 1.29 is 0 Å². The summed E-state index contributed by atoms with van der Waals surface area (Å²) in [4.78, 5) is 1.62. The Bertz CT molecular complexity index is 303. The van der Waals surface area contributed by atoms with Crippen molar-refractivity contribution in [3.8, 4) is 0 Å². The molecule has 78 valence electrons. The summed E-state index contributed by atoms with van der Waals surface area (Å²) in [6.45, 7) is 3.08. The molecular formula is C12H19NS. The molecule has 14 heavy (non-hydrogen) atoms. The van der Waals surface area contributed by atoms with E-state index in [-0.39, 0.29) is 0 Å². The van der Waals surface area contributed by atoms with E-state index in [1.165, 1.54) is 32.1 Å². The zero-order valence-electron chi connectivity index (χ0n) is 8.88. The lowest BCUT2D eigenvalue weighted by Gasteiger charge is -2.14. The van der Waals surface area contributed by atoms with Crippen molar-refractivity contribution in [3.63, 3.8) is 0 Å². The fourth-order valence-corrected chi connectivity index (χ4v) is 3.73. The Morgan fingerprint density at radius 1 is 1.50 bits per heavy atom. The Labute approximate surface area is 90.3 Å². The van der Waals surface area contributed by atoms with Crippen LogP contribution in [0.1, 0.15) is 48.1 Å². The first-order chi connectivity index (χ1) is 6.86. The molecule has 1 nitrogen and oxygen atoms in total. The third-order valence-electron chi connectivity index (χ3n) is 3.27. The van der Waals surface area contributed by atoms with Gasteiger partial charge in [0.1, 0.15) is 0 Å². The molecule has 0 bridgehead atoms. The first kappa shape index (κ1) is 10.2. The SMILES string of the molecule is CCc1csc2c1C(CN)CCCC2. The molecule has 0 amide bonds. The number of rotatable bonds is 2. The number of fused-ring (bicyclic) bond motifs is 1. The van der Waals surface area contributed by atoms with Gasteiger partial charge in [-0.2, -0.15) is 0 Å². The summed E-state index contributed by atoms with van der Waals surface area (Å²) in [6, 6.07) is 0. The van der Waals surface area contributed by atoms with Crippen LogP contribution in [0.5, 0.6) is 0 Å². The minimum Gasteiger partial charge on any atom is -0.330 e. The molecule has 0 spiro atoms. The topological polar surface area (TPSA) is 26.0 Å². The second-order valence-electron chi connectivity index (χ2n) is 4.13. The summed E-state index contributed by atoms with van der Waals surface area (Å²) in [6.07, 6.45) is 6.46. The van der Waals surface area contributed by atoms with Gasteiger partial charge >= 0.3 is 0 Å². The third-order valence-corrected chi connectivity index (χ3v) is 4.38. The molecule has 1 aliphatic carbocycles. The number of thiophene rings is 1. The molecule has 0 aromatic carbocycles. The van der Waals surface area contributed by atoms with E-state index < -0.39 is 0 Å². The van der Waals surface area contributed by atoms with Gasteiger partial charge in [0.15, 0.2) is 0 Å². The fourth-order valence-electron chi connectivity index (χ4n) is 2.46. The van der Waals surface area contributed by atoms with Crippen LogP contribution in [0.25, 0.3) is 0 Å². The smallest absolute Gasteiger partial charge is 0.00833 e. The minimum absolute atomic E-state index is 0.647. The van der Waals surface area contributed by atoms with Crippen LogP contribution >= 0.6 is 11.3 Å². The molecule has 0 saturated carbocycles. The monoisotopic (exact) mass is 209 g/mol. The van der Waals surface area contributed by atoms with Crippen molar-refractivity contribution in [1.29, 1.82) is 0 Å². The van der Waals surface area contributed by atoms with Crippen LogP contribution in [0.15, 0.2) is 5.38 Å². The Morgan fingerprint density at radius 3 is 3.07 bits per heavy atom. The molecule has 1 heterocycles. The lowest BCUT2D eigenvalue weighted by molar-refractivity contribution is 0.600. The van der Waals surface area contributed by atoms with E-state index in [9.17, 15) is 0 Å². The molecule has 1 atom stereocenters. The largest absolute Gasteiger partial charge is 0.330 e. The highest BCUT2D eigenvalue weighted by Gasteiger charge is 2.21. The minimum atomic E-state index is 0.647. The number of aryl methyl sites for hydroxylation is 2. The molecule has 0 saturated heterocycles. The summed E-state index contributed by atoms with van der Waals surface area (Å²) in [5, 5.41) is 2.35. The molecule has 0 fully saturated rings. The zero-order chi connectivity index (χ0) is 9.97. The maximum Gasteiger partial charge on any atom is 0.00833 e. The first-order valence-electron chi connectivity index (χ1n) is 5.66. The van der Waals surface area contributed by atoms with Crippen LogP contribution in [0.2, 0.25) is 0 Å². The summed E-state index contributed by atoms with van der Waals surface area (Å²) < 4.78 is 0. The highest BCUT2D eigenvalue weighted by atomic mass is 32.1. The quantitative estimate of drug-likeness (QED) is 0.744. The number of hydrogen-bond acceptors (Lipinski definition) is 2. The average molecular weight is 209 g/mol. The van der Waals surface area contributed by atoms with E-state index >= 15 is 0 Å². The van der Waals surface area contributed by atoms with Crippen LogP contribution in [0.4, 0.5) is 0 Å². The van der Waals surface area contributed by atoms with Gasteiger partial charge in [-0.15, -0.1) is 11.3 Å². The van der Waals surface area contributed by atoms with Gasteiger partial charge in [-0.05, 0) is 54.7 Å². The predicted octanol–water partition coefficient (Wildman–Crippen LogP) is 3.08. The van der Waals surface area contributed by atoms with Crippen LogP contribution in [-0.2, 0) is 12.8 Å². The van der Waals surface area contributed by atoms with Gasteiger partial charge in [-0.25, -0.2) is 0 Å². The fraction of sp³-hybridized carbons (Fsp3) is 0.667.